The molecule has 3 aromatic rings. The summed E-state index contributed by atoms with van der Waals surface area (Å²) in [6.45, 7) is 3.50. The third-order valence-electron chi connectivity index (χ3n) is 4.41. The van der Waals surface area contributed by atoms with Crippen LogP contribution in [-0.4, -0.2) is 67.7 Å². The average molecular weight is 389 g/mol. The number of nitrogens with zero attached hydrogens (tertiary/aromatic N) is 4. The maximum absolute atomic E-state index is 12.2. The predicted octanol–water partition coefficient (Wildman–Crippen LogP) is 1.95. The summed E-state index contributed by atoms with van der Waals surface area (Å²) in [7, 11) is 0. The third kappa shape index (κ3) is 3.70. The van der Waals surface area contributed by atoms with Crippen LogP contribution >= 0.6 is 11.6 Å². The molecule has 0 atom stereocenters. The van der Waals surface area contributed by atoms with Crippen LogP contribution in [-0.2, 0) is 11.3 Å². The maximum atomic E-state index is 12.2. The van der Waals surface area contributed by atoms with Crippen molar-refractivity contribution in [2.75, 3.05) is 26.3 Å². The molecular weight excluding hydrogens is 372 g/mol. The van der Waals surface area contributed by atoms with Gasteiger partial charge in [-0.15, -0.1) is 10.2 Å². The quantitative estimate of drug-likeness (QED) is 0.347. The van der Waals surface area contributed by atoms with Gasteiger partial charge < -0.3 is 14.8 Å². The molecule has 1 fully saturated rings. The van der Waals surface area contributed by atoms with Crippen molar-refractivity contribution in [2.24, 2.45) is 0 Å². The Bertz CT molecular complexity index is 992. The second kappa shape index (κ2) is 7.47. The van der Waals surface area contributed by atoms with Crippen molar-refractivity contribution in [3.63, 3.8) is 0 Å². The molecule has 4 rings (SSSR count). The van der Waals surface area contributed by atoms with E-state index in [-0.39, 0.29) is 11.6 Å². The highest BCUT2D eigenvalue weighted by Crippen LogP contribution is 2.31. The fourth-order valence-electron chi connectivity index (χ4n) is 3.14. The Morgan fingerprint density at radius 3 is 2.93 bits per heavy atom. The Morgan fingerprint density at radius 2 is 2.19 bits per heavy atom. The Morgan fingerprint density at radius 1 is 1.37 bits per heavy atom. The van der Waals surface area contributed by atoms with Crippen molar-refractivity contribution in [3.8, 4) is 0 Å². The summed E-state index contributed by atoms with van der Waals surface area (Å²) in [5, 5.41) is 24.9. The molecule has 1 saturated heterocycles. The van der Waals surface area contributed by atoms with Gasteiger partial charge >= 0.3 is 0 Å². The smallest absolute Gasteiger partial charge is 0.244 e. The number of allylic oxidation sites excluding steroid dienone is 1. The van der Waals surface area contributed by atoms with Gasteiger partial charge in [-0.3, -0.25) is 9.69 Å². The van der Waals surface area contributed by atoms with Crippen LogP contribution in [0.5, 0.6) is 0 Å². The standard InChI is InChI=1S/C17H17ClN6O3/c18-10-1-2-12-11(7-10)16(13(19-12)9-24-3-5-27-6-4-24)14(25)8-15(26)17-20-22-23-21-17/h1-2,7-8,19,25H,3-6,9H2,(H,20,21,22,23). The molecule has 0 saturated carbocycles. The van der Waals surface area contributed by atoms with Gasteiger partial charge in [0.2, 0.25) is 11.6 Å². The minimum atomic E-state index is -0.546. The topological polar surface area (TPSA) is 120 Å². The molecular formula is C17H17ClN6O3. The fourth-order valence-corrected chi connectivity index (χ4v) is 3.31. The van der Waals surface area contributed by atoms with E-state index in [0.717, 1.165) is 35.8 Å². The second-order valence-corrected chi connectivity index (χ2v) is 6.62. The fraction of sp³-hybridized carbons (Fsp3) is 0.294. The monoisotopic (exact) mass is 388 g/mol. The lowest BCUT2D eigenvalue weighted by Crippen LogP contribution is -2.35. The van der Waals surface area contributed by atoms with E-state index in [9.17, 15) is 9.90 Å². The summed E-state index contributed by atoms with van der Waals surface area (Å²) in [5.41, 5.74) is 2.16. The average Bonchev–Trinajstić information content (AvgIpc) is 3.30. The molecule has 0 spiro atoms. The number of fused-ring (bicyclic) bond motifs is 1. The number of nitrogens with one attached hydrogen (secondary N) is 2. The zero-order valence-electron chi connectivity index (χ0n) is 14.3. The first-order valence-corrected chi connectivity index (χ1v) is 8.78. The number of carbonyl (C=O) groups is 1. The number of aromatic amines is 2. The second-order valence-electron chi connectivity index (χ2n) is 6.19. The lowest BCUT2D eigenvalue weighted by atomic mass is 10.1. The number of carbonyl (C=O) groups excluding carboxylic acids is 1. The first-order valence-electron chi connectivity index (χ1n) is 8.41. The molecule has 0 amide bonds. The summed E-state index contributed by atoms with van der Waals surface area (Å²) in [6.07, 6.45) is 1.09. The van der Waals surface area contributed by atoms with Gasteiger partial charge in [-0.05, 0) is 23.4 Å². The zero-order chi connectivity index (χ0) is 18.8. The van der Waals surface area contributed by atoms with Crippen LogP contribution in [0.25, 0.3) is 16.7 Å². The van der Waals surface area contributed by atoms with Crippen LogP contribution in [0.15, 0.2) is 24.3 Å². The minimum absolute atomic E-state index is 0.117. The molecule has 10 heteroatoms. The van der Waals surface area contributed by atoms with Crippen LogP contribution in [0, 0.1) is 0 Å². The molecule has 3 N–H and O–H groups in total. The number of aliphatic hydroxyl groups is 1. The summed E-state index contributed by atoms with van der Waals surface area (Å²) < 4.78 is 5.39. The zero-order valence-corrected chi connectivity index (χ0v) is 15.0. The molecule has 9 nitrogen and oxygen atoms in total. The summed E-state index contributed by atoms with van der Waals surface area (Å²) in [4.78, 5) is 17.8. The van der Waals surface area contributed by atoms with Crippen LogP contribution in [0.3, 0.4) is 0 Å². The highest BCUT2D eigenvalue weighted by atomic mass is 35.5. The van der Waals surface area contributed by atoms with Gasteiger partial charge in [-0.1, -0.05) is 11.6 Å². The number of hydrogen-bond acceptors (Lipinski definition) is 7. The number of morpholine rings is 1. The van der Waals surface area contributed by atoms with E-state index in [4.69, 9.17) is 16.3 Å². The van der Waals surface area contributed by atoms with Crippen molar-refractivity contribution in [1.29, 1.82) is 0 Å². The number of tetrazole rings is 1. The van der Waals surface area contributed by atoms with E-state index in [1.54, 1.807) is 12.1 Å². The largest absolute Gasteiger partial charge is 0.507 e. The summed E-state index contributed by atoms with van der Waals surface area (Å²) in [5.74, 6) is -0.842. The van der Waals surface area contributed by atoms with Gasteiger partial charge in [0.1, 0.15) is 5.76 Å². The van der Waals surface area contributed by atoms with Gasteiger partial charge in [0.05, 0.1) is 13.2 Å². The molecule has 1 aliphatic heterocycles. The molecule has 3 heterocycles. The molecule has 1 aromatic carbocycles. The molecule has 0 radical (unpaired) electrons. The number of benzene rings is 1. The van der Waals surface area contributed by atoms with E-state index in [2.05, 4.69) is 30.5 Å². The van der Waals surface area contributed by atoms with E-state index in [1.807, 2.05) is 6.07 Å². The number of halogens is 1. The first kappa shape index (κ1) is 17.7. The Hall–Kier alpha value is -2.75. The van der Waals surface area contributed by atoms with E-state index >= 15 is 0 Å². The van der Waals surface area contributed by atoms with Gasteiger partial charge in [-0.2, -0.15) is 5.21 Å². The number of rotatable bonds is 5. The van der Waals surface area contributed by atoms with Crippen LogP contribution in [0.4, 0.5) is 0 Å². The van der Waals surface area contributed by atoms with Crippen molar-refractivity contribution in [2.45, 2.75) is 6.54 Å². The maximum Gasteiger partial charge on any atom is 0.244 e. The first-order chi connectivity index (χ1) is 13.1. The van der Waals surface area contributed by atoms with Crippen molar-refractivity contribution >= 4 is 34.0 Å². The Kier molecular flexibility index (Phi) is 4.88. The number of aliphatic hydroxyl groups excluding tert-OH is 1. The third-order valence-corrected chi connectivity index (χ3v) is 4.65. The van der Waals surface area contributed by atoms with Crippen LogP contribution in [0.1, 0.15) is 21.9 Å². The van der Waals surface area contributed by atoms with Gasteiger partial charge in [-0.25, -0.2) is 0 Å². The highest BCUT2D eigenvalue weighted by molar-refractivity contribution is 6.31. The number of ether oxygens (including phenoxy) is 1. The van der Waals surface area contributed by atoms with Crippen LogP contribution in [0.2, 0.25) is 5.02 Å². The lowest BCUT2D eigenvalue weighted by molar-refractivity contribution is 0.0337. The molecule has 0 bridgehead atoms. The molecule has 0 unspecified atom stereocenters. The molecule has 140 valence electrons. The summed E-state index contributed by atoms with van der Waals surface area (Å²) >= 11 is 6.14. The van der Waals surface area contributed by atoms with Gasteiger partial charge in [0.25, 0.3) is 0 Å². The molecule has 2 aromatic heterocycles. The number of aromatic nitrogens is 5. The van der Waals surface area contributed by atoms with Crippen molar-refractivity contribution < 1.29 is 14.6 Å². The van der Waals surface area contributed by atoms with Gasteiger partial charge in [0.15, 0.2) is 0 Å². The number of H-pyrrole nitrogens is 2. The molecule has 0 aliphatic carbocycles. The minimum Gasteiger partial charge on any atom is -0.507 e. The van der Waals surface area contributed by atoms with E-state index in [1.165, 1.54) is 0 Å². The molecule has 1 aliphatic rings. The number of hydrogen-bond donors (Lipinski definition) is 3. The number of ketones is 1. The highest BCUT2D eigenvalue weighted by Gasteiger charge is 2.21. The predicted molar refractivity (Wildman–Crippen MR) is 98.5 cm³/mol. The Balaban J connectivity index is 1.75. The summed E-state index contributed by atoms with van der Waals surface area (Å²) in [6, 6.07) is 5.38. The Labute approximate surface area is 159 Å². The van der Waals surface area contributed by atoms with E-state index in [0.29, 0.717) is 30.3 Å². The van der Waals surface area contributed by atoms with E-state index < -0.39 is 5.78 Å². The van der Waals surface area contributed by atoms with Gasteiger partial charge in [0, 0.05) is 52.9 Å². The normalized spacial score (nSPS) is 16.1. The molecule has 27 heavy (non-hydrogen) atoms. The van der Waals surface area contributed by atoms with Crippen LogP contribution < -0.4 is 0 Å². The van der Waals surface area contributed by atoms with Crippen molar-refractivity contribution in [1.82, 2.24) is 30.5 Å². The lowest BCUT2D eigenvalue weighted by Gasteiger charge is -2.26. The SMILES string of the molecule is O=C(C=C(O)c1c(CN2CCOCC2)[nH]c2ccc(Cl)cc12)c1nn[nH]n1. The van der Waals surface area contributed by atoms with Crippen molar-refractivity contribution in [3.05, 3.63) is 46.4 Å².